The minimum atomic E-state index is 0.590. The van der Waals surface area contributed by atoms with E-state index >= 15 is 0 Å². The summed E-state index contributed by atoms with van der Waals surface area (Å²) >= 11 is 5.80. The summed E-state index contributed by atoms with van der Waals surface area (Å²) in [5, 5.41) is 3.98. The molecule has 5 heteroatoms. The molecule has 4 nitrogen and oxygen atoms in total. The molecule has 1 saturated heterocycles. The average Bonchev–Trinajstić information content (AvgIpc) is 2.38. The van der Waals surface area contributed by atoms with E-state index in [1.807, 2.05) is 0 Å². The molecule has 1 aliphatic heterocycles. The van der Waals surface area contributed by atoms with E-state index in [9.17, 15) is 0 Å². The van der Waals surface area contributed by atoms with Gasteiger partial charge in [0.05, 0.1) is 17.4 Å². The van der Waals surface area contributed by atoms with Crippen molar-refractivity contribution in [3.8, 4) is 0 Å². The Bertz CT molecular complexity index is 335. The molecule has 0 saturated carbocycles. The quantitative estimate of drug-likeness (QED) is 0.892. The summed E-state index contributed by atoms with van der Waals surface area (Å²) in [6.07, 6.45) is 5.80. The lowest BCUT2D eigenvalue weighted by Crippen LogP contribution is -2.36. The first kappa shape index (κ1) is 12.6. The van der Waals surface area contributed by atoms with Gasteiger partial charge in [0.15, 0.2) is 0 Å². The maximum absolute atomic E-state index is 5.80. The summed E-state index contributed by atoms with van der Waals surface area (Å²) < 4.78 is 0. The van der Waals surface area contributed by atoms with Gasteiger partial charge in [0, 0.05) is 13.1 Å². The second-order valence-corrected chi connectivity index (χ2v) is 4.87. The minimum Gasteiger partial charge on any atom is -0.341 e. The van der Waals surface area contributed by atoms with Crippen molar-refractivity contribution in [1.82, 2.24) is 15.3 Å². The average molecular weight is 255 g/mol. The van der Waals surface area contributed by atoms with Crippen molar-refractivity contribution < 1.29 is 0 Å². The van der Waals surface area contributed by atoms with Gasteiger partial charge in [-0.15, -0.1) is 0 Å². The van der Waals surface area contributed by atoms with Crippen LogP contribution in [0.25, 0.3) is 0 Å². The first-order valence-corrected chi connectivity index (χ1v) is 6.60. The van der Waals surface area contributed by atoms with Gasteiger partial charge in [-0.05, 0) is 38.8 Å². The van der Waals surface area contributed by atoms with Crippen molar-refractivity contribution in [3.63, 3.8) is 0 Å². The fraction of sp³-hybridized carbons (Fsp3) is 0.667. The molecule has 2 rings (SSSR count). The van der Waals surface area contributed by atoms with Crippen molar-refractivity contribution in [2.24, 2.45) is 5.92 Å². The molecule has 0 bridgehead atoms. The highest BCUT2D eigenvalue weighted by Gasteiger charge is 2.17. The number of piperidine rings is 1. The van der Waals surface area contributed by atoms with Crippen LogP contribution in [0.5, 0.6) is 0 Å². The Morgan fingerprint density at radius 3 is 2.59 bits per heavy atom. The lowest BCUT2D eigenvalue weighted by Gasteiger charge is -2.29. The summed E-state index contributed by atoms with van der Waals surface area (Å²) in [6.45, 7) is 6.37. The van der Waals surface area contributed by atoms with Crippen molar-refractivity contribution in [2.75, 3.05) is 31.1 Å². The van der Waals surface area contributed by atoms with Gasteiger partial charge in [-0.3, -0.25) is 0 Å². The molecule has 1 fully saturated rings. The molecule has 94 valence electrons. The fourth-order valence-electron chi connectivity index (χ4n) is 2.20. The highest BCUT2D eigenvalue weighted by Crippen LogP contribution is 2.17. The van der Waals surface area contributed by atoms with Gasteiger partial charge in [-0.1, -0.05) is 11.6 Å². The van der Waals surface area contributed by atoms with E-state index in [1.165, 1.54) is 12.8 Å². The van der Waals surface area contributed by atoms with Gasteiger partial charge >= 0.3 is 0 Å². The van der Waals surface area contributed by atoms with E-state index in [0.717, 1.165) is 38.0 Å². The molecular weight excluding hydrogens is 236 g/mol. The number of halogens is 1. The minimum absolute atomic E-state index is 0.590. The second-order valence-electron chi connectivity index (χ2n) is 4.43. The monoisotopic (exact) mass is 254 g/mol. The highest BCUT2D eigenvalue weighted by atomic mass is 35.5. The summed E-state index contributed by atoms with van der Waals surface area (Å²) in [5.41, 5.74) is 0. The molecule has 2 heterocycles. The van der Waals surface area contributed by atoms with Crippen LogP contribution in [-0.2, 0) is 0 Å². The van der Waals surface area contributed by atoms with E-state index in [4.69, 9.17) is 11.6 Å². The van der Waals surface area contributed by atoms with Crippen molar-refractivity contribution in [3.05, 3.63) is 17.4 Å². The predicted molar refractivity (Wildman–Crippen MR) is 70.5 cm³/mol. The lowest BCUT2D eigenvalue weighted by atomic mass is 9.98. The fourth-order valence-corrected chi connectivity index (χ4v) is 2.29. The molecule has 0 radical (unpaired) electrons. The van der Waals surface area contributed by atoms with Crippen molar-refractivity contribution >= 4 is 17.5 Å². The molecule has 0 spiro atoms. The Morgan fingerprint density at radius 1 is 1.35 bits per heavy atom. The van der Waals surface area contributed by atoms with Crippen LogP contribution >= 0.6 is 11.6 Å². The lowest BCUT2D eigenvalue weighted by molar-refractivity contribution is 0.373. The molecule has 0 atom stereocenters. The SMILES string of the molecule is CCN(CC1CCNCC1)c1ncc(Cl)cn1. The van der Waals surface area contributed by atoms with Crippen molar-refractivity contribution in [1.29, 1.82) is 0 Å². The third kappa shape index (κ3) is 3.54. The van der Waals surface area contributed by atoms with Crippen LogP contribution in [0.15, 0.2) is 12.4 Å². The maximum atomic E-state index is 5.80. The number of rotatable bonds is 4. The molecule has 0 aliphatic carbocycles. The zero-order chi connectivity index (χ0) is 12.1. The van der Waals surface area contributed by atoms with Gasteiger partial charge in [0.1, 0.15) is 0 Å². The van der Waals surface area contributed by atoms with Crippen LogP contribution in [0.3, 0.4) is 0 Å². The van der Waals surface area contributed by atoms with Crippen molar-refractivity contribution in [2.45, 2.75) is 19.8 Å². The molecule has 1 aromatic heterocycles. The molecule has 17 heavy (non-hydrogen) atoms. The zero-order valence-corrected chi connectivity index (χ0v) is 11.0. The Kier molecular flexibility index (Phi) is 4.57. The van der Waals surface area contributed by atoms with Gasteiger partial charge in [0.25, 0.3) is 0 Å². The zero-order valence-electron chi connectivity index (χ0n) is 10.2. The standard InChI is InChI=1S/C12H19ClN4/c1-2-17(9-10-3-5-14-6-4-10)12-15-7-11(13)8-16-12/h7-8,10,14H,2-6,9H2,1H3. The van der Waals surface area contributed by atoms with Gasteiger partial charge in [0.2, 0.25) is 5.95 Å². The van der Waals surface area contributed by atoms with E-state index < -0.39 is 0 Å². The molecule has 1 aliphatic rings. The third-order valence-electron chi connectivity index (χ3n) is 3.21. The molecule has 1 N–H and O–H groups in total. The van der Waals surface area contributed by atoms with Crippen LogP contribution < -0.4 is 10.2 Å². The summed E-state index contributed by atoms with van der Waals surface area (Å²) in [4.78, 5) is 10.8. The molecule has 0 amide bonds. The number of aromatic nitrogens is 2. The Labute approximate surface area is 107 Å². The van der Waals surface area contributed by atoms with Gasteiger partial charge < -0.3 is 10.2 Å². The van der Waals surface area contributed by atoms with E-state index in [0.29, 0.717) is 5.02 Å². The first-order chi connectivity index (χ1) is 8.29. The number of hydrogen-bond acceptors (Lipinski definition) is 4. The smallest absolute Gasteiger partial charge is 0.225 e. The second kappa shape index (κ2) is 6.17. The molecule has 0 unspecified atom stereocenters. The van der Waals surface area contributed by atoms with Crippen LogP contribution in [0.1, 0.15) is 19.8 Å². The van der Waals surface area contributed by atoms with Crippen LogP contribution in [0.2, 0.25) is 5.02 Å². The third-order valence-corrected chi connectivity index (χ3v) is 3.40. The number of anilines is 1. The number of nitrogens with zero attached hydrogens (tertiary/aromatic N) is 3. The molecule has 1 aromatic rings. The molecular formula is C12H19ClN4. The largest absolute Gasteiger partial charge is 0.341 e. The first-order valence-electron chi connectivity index (χ1n) is 6.22. The Morgan fingerprint density at radius 2 is 2.00 bits per heavy atom. The summed E-state index contributed by atoms with van der Waals surface area (Å²) in [6, 6.07) is 0. The topological polar surface area (TPSA) is 41.0 Å². The van der Waals surface area contributed by atoms with Crippen LogP contribution in [-0.4, -0.2) is 36.1 Å². The van der Waals surface area contributed by atoms with E-state index in [1.54, 1.807) is 12.4 Å². The predicted octanol–water partition coefficient (Wildman–Crippen LogP) is 1.96. The van der Waals surface area contributed by atoms with Crippen LogP contribution in [0.4, 0.5) is 5.95 Å². The maximum Gasteiger partial charge on any atom is 0.225 e. The summed E-state index contributed by atoms with van der Waals surface area (Å²) in [5.74, 6) is 1.53. The number of hydrogen-bond donors (Lipinski definition) is 1. The summed E-state index contributed by atoms with van der Waals surface area (Å²) in [7, 11) is 0. The normalized spacial score (nSPS) is 17.1. The van der Waals surface area contributed by atoms with E-state index in [-0.39, 0.29) is 0 Å². The van der Waals surface area contributed by atoms with E-state index in [2.05, 4.69) is 27.1 Å². The van der Waals surface area contributed by atoms with Gasteiger partial charge in [-0.25, -0.2) is 9.97 Å². The Hall–Kier alpha value is -0.870. The molecule has 0 aromatic carbocycles. The van der Waals surface area contributed by atoms with Gasteiger partial charge in [-0.2, -0.15) is 0 Å². The Balaban J connectivity index is 1.97. The highest BCUT2D eigenvalue weighted by molar-refractivity contribution is 6.30. The number of nitrogens with one attached hydrogen (secondary N) is 1. The van der Waals surface area contributed by atoms with Crippen LogP contribution in [0, 0.1) is 5.92 Å².